The van der Waals surface area contributed by atoms with Gasteiger partial charge in [0.2, 0.25) is 5.91 Å². The van der Waals surface area contributed by atoms with Crippen LogP contribution in [0.1, 0.15) is 51.9 Å². The Morgan fingerprint density at radius 2 is 1.93 bits per heavy atom. The Morgan fingerprint density at radius 1 is 1.27 bits per heavy atom. The molecule has 0 aromatic heterocycles. The number of unbranched alkanes of at least 4 members (excludes halogenated alkanes) is 4. The first kappa shape index (κ1) is 14.0. The summed E-state index contributed by atoms with van der Waals surface area (Å²) in [6.07, 6.45) is 6.91. The van der Waals surface area contributed by atoms with Crippen molar-refractivity contribution in [1.82, 2.24) is 4.90 Å². The number of carbonyl (C=O) groups is 1. The van der Waals surface area contributed by atoms with Gasteiger partial charge in [-0.25, -0.2) is 0 Å². The van der Waals surface area contributed by atoms with Crippen molar-refractivity contribution in [2.24, 2.45) is 0 Å². The molecule has 0 aliphatic rings. The third-order valence-electron chi connectivity index (χ3n) is 2.48. The molecule has 0 rings (SSSR count). The van der Waals surface area contributed by atoms with Gasteiger partial charge in [-0.1, -0.05) is 32.6 Å². The van der Waals surface area contributed by atoms with Crippen molar-refractivity contribution in [3.63, 3.8) is 0 Å². The van der Waals surface area contributed by atoms with E-state index < -0.39 is 0 Å². The number of carbonyl (C=O) groups excluding carboxylic acids is 1. The van der Waals surface area contributed by atoms with Crippen LogP contribution in [0.5, 0.6) is 0 Å². The minimum Gasteiger partial charge on any atom is -0.345 e. The summed E-state index contributed by atoms with van der Waals surface area (Å²) in [7, 11) is 1.77. The number of hydrogen-bond donors (Lipinski definition) is 0. The monoisotopic (exact) mass is 210 g/mol. The highest BCUT2D eigenvalue weighted by Gasteiger charge is 2.06. The molecule has 0 spiro atoms. The van der Waals surface area contributed by atoms with Crippen molar-refractivity contribution in [3.05, 3.63) is 0 Å². The van der Waals surface area contributed by atoms with Crippen molar-refractivity contribution < 1.29 is 4.79 Å². The fraction of sp³-hybridized carbons (Fsp3) is 0.833. The topological polar surface area (TPSA) is 44.1 Å². The minimum atomic E-state index is 0.168. The maximum Gasteiger partial charge on any atom is 0.222 e. The molecule has 0 saturated carbocycles. The molecule has 0 aliphatic heterocycles. The number of amides is 1. The number of nitrogens with zero attached hydrogens (tertiary/aromatic N) is 2. The summed E-state index contributed by atoms with van der Waals surface area (Å²) < 4.78 is 0. The number of nitriles is 1. The maximum atomic E-state index is 11.5. The van der Waals surface area contributed by atoms with Crippen molar-refractivity contribution in [3.8, 4) is 6.07 Å². The Labute approximate surface area is 93.1 Å². The lowest BCUT2D eigenvalue weighted by atomic mass is 10.1. The molecule has 0 aromatic carbocycles. The number of hydrogen-bond acceptors (Lipinski definition) is 2. The number of rotatable bonds is 8. The maximum absolute atomic E-state index is 11.5. The summed E-state index contributed by atoms with van der Waals surface area (Å²) >= 11 is 0. The fourth-order valence-corrected chi connectivity index (χ4v) is 1.41. The first-order chi connectivity index (χ1) is 7.22. The van der Waals surface area contributed by atoms with Gasteiger partial charge in [0, 0.05) is 20.0 Å². The summed E-state index contributed by atoms with van der Waals surface area (Å²) in [4.78, 5) is 13.2. The van der Waals surface area contributed by atoms with E-state index in [0.29, 0.717) is 19.4 Å². The molecule has 0 heterocycles. The van der Waals surface area contributed by atoms with E-state index in [4.69, 9.17) is 5.26 Å². The van der Waals surface area contributed by atoms with Crippen molar-refractivity contribution in [2.75, 3.05) is 13.6 Å². The summed E-state index contributed by atoms with van der Waals surface area (Å²) in [5.41, 5.74) is 0. The lowest BCUT2D eigenvalue weighted by molar-refractivity contribution is -0.129. The molecule has 0 aromatic rings. The van der Waals surface area contributed by atoms with E-state index in [0.717, 1.165) is 12.8 Å². The predicted octanol–water partition coefficient (Wildman–Crippen LogP) is 2.72. The molecule has 0 atom stereocenters. The highest BCUT2D eigenvalue weighted by molar-refractivity contribution is 5.75. The van der Waals surface area contributed by atoms with E-state index >= 15 is 0 Å². The second-order valence-electron chi connectivity index (χ2n) is 3.89. The highest BCUT2D eigenvalue weighted by atomic mass is 16.2. The van der Waals surface area contributed by atoms with Crippen LogP contribution in [0.4, 0.5) is 0 Å². The van der Waals surface area contributed by atoms with Crippen LogP contribution in [0.15, 0.2) is 0 Å². The molecule has 0 aliphatic carbocycles. The molecular formula is C12H22N2O. The molecular weight excluding hydrogens is 188 g/mol. The van der Waals surface area contributed by atoms with Crippen LogP contribution in [-0.4, -0.2) is 24.4 Å². The van der Waals surface area contributed by atoms with Crippen LogP contribution in [0.2, 0.25) is 0 Å². The molecule has 1 amide bonds. The van der Waals surface area contributed by atoms with Crippen LogP contribution in [0.3, 0.4) is 0 Å². The van der Waals surface area contributed by atoms with Crippen LogP contribution in [-0.2, 0) is 4.79 Å². The van der Waals surface area contributed by atoms with Gasteiger partial charge in [0.1, 0.15) is 0 Å². The van der Waals surface area contributed by atoms with Gasteiger partial charge in [0.25, 0.3) is 0 Å². The van der Waals surface area contributed by atoms with E-state index in [9.17, 15) is 4.79 Å². The Bertz CT molecular complexity index is 208. The largest absolute Gasteiger partial charge is 0.345 e. The molecule has 86 valence electrons. The van der Waals surface area contributed by atoms with Crippen molar-refractivity contribution in [1.29, 1.82) is 5.26 Å². The zero-order valence-corrected chi connectivity index (χ0v) is 9.96. The lowest BCUT2D eigenvalue weighted by Gasteiger charge is -2.14. The van der Waals surface area contributed by atoms with Crippen LogP contribution >= 0.6 is 0 Å². The van der Waals surface area contributed by atoms with Gasteiger partial charge in [0.15, 0.2) is 0 Å². The first-order valence-electron chi connectivity index (χ1n) is 5.83. The molecule has 0 fully saturated rings. The highest BCUT2D eigenvalue weighted by Crippen LogP contribution is 2.06. The Hall–Kier alpha value is -1.04. The summed E-state index contributed by atoms with van der Waals surface area (Å²) in [5.74, 6) is 0.168. The standard InChI is InChI=1S/C12H22N2O/c1-3-4-5-6-7-9-12(15)14(2)11-8-10-13/h3-9,11H2,1-2H3. The van der Waals surface area contributed by atoms with E-state index in [2.05, 4.69) is 6.92 Å². The van der Waals surface area contributed by atoms with Gasteiger partial charge < -0.3 is 4.90 Å². The van der Waals surface area contributed by atoms with Gasteiger partial charge >= 0.3 is 0 Å². The summed E-state index contributed by atoms with van der Waals surface area (Å²) in [5, 5.41) is 8.38. The van der Waals surface area contributed by atoms with Crippen LogP contribution in [0, 0.1) is 11.3 Å². The van der Waals surface area contributed by atoms with Crippen LogP contribution in [0.25, 0.3) is 0 Å². The predicted molar refractivity (Wildman–Crippen MR) is 61.2 cm³/mol. The zero-order chi connectivity index (χ0) is 11.5. The molecule has 0 radical (unpaired) electrons. The van der Waals surface area contributed by atoms with E-state index in [-0.39, 0.29) is 5.91 Å². The SMILES string of the molecule is CCCCCCCC(=O)N(C)CCC#N. The van der Waals surface area contributed by atoms with Gasteiger partial charge in [-0.05, 0) is 6.42 Å². The molecule has 3 nitrogen and oxygen atoms in total. The van der Waals surface area contributed by atoms with Gasteiger partial charge in [-0.3, -0.25) is 4.79 Å². The molecule has 0 saturated heterocycles. The van der Waals surface area contributed by atoms with E-state index in [1.165, 1.54) is 19.3 Å². The van der Waals surface area contributed by atoms with Gasteiger partial charge in [-0.15, -0.1) is 0 Å². The van der Waals surface area contributed by atoms with Crippen LogP contribution < -0.4 is 0 Å². The quantitative estimate of drug-likeness (QED) is 0.578. The third kappa shape index (κ3) is 7.99. The minimum absolute atomic E-state index is 0.168. The van der Waals surface area contributed by atoms with E-state index in [1.54, 1.807) is 11.9 Å². The van der Waals surface area contributed by atoms with Gasteiger partial charge in [-0.2, -0.15) is 5.26 Å². The normalized spacial score (nSPS) is 9.67. The second-order valence-corrected chi connectivity index (χ2v) is 3.89. The smallest absolute Gasteiger partial charge is 0.222 e. The molecule has 15 heavy (non-hydrogen) atoms. The summed E-state index contributed by atoms with van der Waals surface area (Å²) in [6, 6.07) is 2.04. The Kier molecular flexibility index (Phi) is 8.85. The molecule has 0 bridgehead atoms. The zero-order valence-electron chi connectivity index (χ0n) is 9.96. The average molecular weight is 210 g/mol. The Morgan fingerprint density at radius 3 is 2.53 bits per heavy atom. The molecule has 0 unspecified atom stereocenters. The Balaban J connectivity index is 3.43. The van der Waals surface area contributed by atoms with Crippen molar-refractivity contribution in [2.45, 2.75) is 51.9 Å². The fourth-order valence-electron chi connectivity index (χ4n) is 1.41. The van der Waals surface area contributed by atoms with Gasteiger partial charge in [0.05, 0.1) is 12.5 Å². The average Bonchev–Trinajstić information content (AvgIpc) is 2.25. The summed E-state index contributed by atoms with van der Waals surface area (Å²) in [6.45, 7) is 2.74. The molecule has 0 N–H and O–H groups in total. The van der Waals surface area contributed by atoms with E-state index in [1.807, 2.05) is 6.07 Å². The third-order valence-corrected chi connectivity index (χ3v) is 2.48. The second kappa shape index (κ2) is 9.51. The molecule has 3 heteroatoms. The lowest BCUT2D eigenvalue weighted by Crippen LogP contribution is -2.27. The van der Waals surface area contributed by atoms with Crippen molar-refractivity contribution >= 4 is 5.91 Å². The first-order valence-corrected chi connectivity index (χ1v) is 5.83.